The predicted molar refractivity (Wildman–Crippen MR) is 58.4 cm³/mol. The molecule has 0 spiro atoms. The Labute approximate surface area is 87.0 Å². The first-order valence-corrected chi connectivity index (χ1v) is 4.49. The summed E-state index contributed by atoms with van der Waals surface area (Å²) in [7, 11) is 1.76. The molecule has 0 aliphatic carbocycles. The smallest absolute Gasteiger partial charge is 0.195 e. The van der Waals surface area contributed by atoms with E-state index in [1.807, 2.05) is 0 Å². The number of nitrogens with one attached hydrogen (secondary N) is 2. The van der Waals surface area contributed by atoms with Crippen molar-refractivity contribution < 1.29 is 0 Å². The monoisotopic (exact) mass is 207 g/mol. The molecule has 1 aliphatic heterocycles. The van der Waals surface area contributed by atoms with E-state index in [4.69, 9.17) is 11.5 Å². The fourth-order valence-electron chi connectivity index (χ4n) is 1.54. The summed E-state index contributed by atoms with van der Waals surface area (Å²) in [5.74, 6) is 0.910. The number of nitrogens with two attached hydrogens (primary N) is 2. The Kier molecular flexibility index (Phi) is 1.97. The minimum atomic E-state index is -0.917. The maximum atomic E-state index is 5.98. The highest BCUT2D eigenvalue weighted by Gasteiger charge is 2.31. The van der Waals surface area contributed by atoms with E-state index >= 15 is 0 Å². The van der Waals surface area contributed by atoms with E-state index in [1.54, 1.807) is 14.0 Å². The van der Waals surface area contributed by atoms with Crippen LogP contribution in [0.1, 0.15) is 12.6 Å². The summed E-state index contributed by atoms with van der Waals surface area (Å²) in [6, 6.07) is 0. The third-order valence-corrected chi connectivity index (χ3v) is 2.17. The minimum Gasteiger partial charge on any atom is -0.371 e. The van der Waals surface area contributed by atoms with Crippen molar-refractivity contribution >= 4 is 17.5 Å². The zero-order chi connectivity index (χ0) is 11.1. The molecule has 6 N–H and O–H groups in total. The molecule has 1 unspecified atom stereocenters. The van der Waals surface area contributed by atoms with Crippen LogP contribution >= 0.6 is 0 Å². The van der Waals surface area contributed by atoms with Gasteiger partial charge in [0.2, 0.25) is 0 Å². The number of fused-ring (bicyclic) bond motifs is 1. The zero-order valence-corrected chi connectivity index (χ0v) is 8.57. The Hall–Kier alpha value is -1.89. The van der Waals surface area contributed by atoms with Gasteiger partial charge in [-0.3, -0.25) is 0 Å². The van der Waals surface area contributed by atoms with Crippen LogP contribution in [-0.2, 0) is 5.66 Å². The summed E-state index contributed by atoms with van der Waals surface area (Å²) >= 11 is 0. The topological polar surface area (TPSA) is 114 Å². The van der Waals surface area contributed by atoms with Crippen LogP contribution in [0, 0.1) is 0 Å². The highest BCUT2D eigenvalue weighted by atomic mass is 15.2. The van der Waals surface area contributed by atoms with Gasteiger partial charge in [0.05, 0.1) is 0 Å². The second-order valence-corrected chi connectivity index (χ2v) is 3.47. The van der Waals surface area contributed by atoms with Gasteiger partial charge in [-0.25, -0.2) is 15.0 Å². The molecule has 1 aromatic rings. The largest absolute Gasteiger partial charge is 0.371 e. The van der Waals surface area contributed by atoms with Gasteiger partial charge in [-0.2, -0.15) is 0 Å². The van der Waals surface area contributed by atoms with Crippen LogP contribution in [0.2, 0.25) is 0 Å². The third kappa shape index (κ3) is 1.46. The van der Waals surface area contributed by atoms with Gasteiger partial charge in [0, 0.05) is 7.05 Å². The van der Waals surface area contributed by atoms with Crippen molar-refractivity contribution in [2.45, 2.75) is 12.6 Å². The Morgan fingerprint density at radius 3 is 2.87 bits per heavy atom. The average Bonchev–Trinajstić information content (AvgIpc) is 2.15. The molecule has 0 fully saturated rings. The van der Waals surface area contributed by atoms with Gasteiger partial charge in [0.1, 0.15) is 17.7 Å². The second kappa shape index (κ2) is 3.06. The van der Waals surface area contributed by atoms with Crippen molar-refractivity contribution in [1.29, 1.82) is 0 Å². The molecule has 2 rings (SSSR count). The second-order valence-electron chi connectivity index (χ2n) is 3.47. The Balaban J connectivity index is 2.62. The molecule has 0 saturated carbocycles. The third-order valence-electron chi connectivity index (χ3n) is 2.17. The van der Waals surface area contributed by atoms with Gasteiger partial charge >= 0.3 is 0 Å². The van der Waals surface area contributed by atoms with Gasteiger partial charge in [0.15, 0.2) is 17.4 Å². The number of nitrogens with zero attached hydrogens (tertiary/aromatic N) is 3. The van der Waals surface area contributed by atoms with E-state index in [2.05, 4.69) is 25.6 Å². The van der Waals surface area contributed by atoms with Crippen molar-refractivity contribution in [3.05, 3.63) is 12.0 Å². The standard InChI is InChI=1S/C8H13N7/c1-8(10)5-4(14-7(9)15-8)6(11-2)13-3-12-5/h3H,10H2,1-2H3,(H3,9,14,15)(H,11,12,13). The average molecular weight is 207 g/mol. The lowest BCUT2D eigenvalue weighted by Gasteiger charge is -2.28. The number of anilines is 2. The first kappa shape index (κ1) is 9.66. The van der Waals surface area contributed by atoms with E-state index in [-0.39, 0.29) is 5.96 Å². The van der Waals surface area contributed by atoms with E-state index in [9.17, 15) is 0 Å². The van der Waals surface area contributed by atoms with Gasteiger partial charge in [-0.1, -0.05) is 0 Å². The highest BCUT2D eigenvalue weighted by molar-refractivity contribution is 5.97. The Morgan fingerprint density at radius 2 is 2.20 bits per heavy atom. The van der Waals surface area contributed by atoms with Crippen LogP contribution in [0.15, 0.2) is 11.3 Å². The zero-order valence-electron chi connectivity index (χ0n) is 8.57. The number of aromatic nitrogens is 2. The molecule has 0 radical (unpaired) electrons. The molecular weight excluding hydrogens is 194 g/mol. The summed E-state index contributed by atoms with van der Waals surface area (Å²) in [6.07, 6.45) is 1.44. The van der Waals surface area contributed by atoms with Gasteiger partial charge in [-0.15, -0.1) is 0 Å². The summed E-state index contributed by atoms with van der Waals surface area (Å²) in [6.45, 7) is 1.74. The molecule has 0 amide bonds. The summed E-state index contributed by atoms with van der Waals surface area (Å²) in [5, 5.41) is 5.83. The molecule has 1 aliphatic rings. The molecule has 0 saturated heterocycles. The SMILES string of the molecule is CNc1ncnc2c1NC(N)=NC2(C)N. The minimum absolute atomic E-state index is 0.263. The van der Waals surface area contributed by atoms with Crippen LogP contribution in [-0.4, -0.2) is 23.0 Å². The molecule has 15 heavy (non-hydrogen) atoms. The summed E-state index contributed by atoms with van der Waals surface area (Å²) in [5.41, 5.74) is 12.0. The van der Waals surface area contributed by atoms with Crippen LogP contribution in [0.4, 0.5) is 11.5 Å². The molecule has 80 valence electrons. The molecule has 1 aromatic heterocycles. The number of rotatable bonds is 1. The number of hydrogen-bond acceptors (Lipinski definition) is 7. The van der Waals surface area contributed by atoms with Crippen molar-refractivity contribution in [3.63, 3.8) is 0 Å². The molecule has 0 bridgehead atoms. The van der Waals surface area contributed by atoms with Crippen LogP contribution in [0.5, 0.6) is 0 Å². The molecule has 2 heterocycles. The lowest BCUT2D eigenvalue weighted by atomic mass is 10.1. The first-order valence-electron chi connectivity index (χ1n) is 4.49. The maximum Gasteiger partial charge on any atom is 0.195 e. The lowest BCUT2D eigenvalue weighted by molar-refractivity contribution is 0.502. The predicted octanol–water partition coefficient (Wildman–Crippen LogP) is -0.610. The lowest BCUT2D eigenvalue weighted by Crippen LogP contribution is -2.42. The highest BCUT2D eigenvalue weighted by Crippen LogP contribution is 2.32. The van der Waals surface area contributed by atoms with Gasteiger partial charge in [-0.05, 0) is 6.92 Å². The van der Waals surface area contributed by atoms with Crippen LogP contribution < -0.4 is 22.1 Å². The number of aliphatic imine (C=N–C) groups is 1. The maximum absolute atomic E-state index is 5.98. The number of hydrogen-bond donors (Lipinski definition) is 4. The summed E-state index contributed by atoms with van der Waals surface area (Å²) < 4.78 is 0. The molecule has 0 aromatic carbocycles. The molecule has 1 atom stereocenters. The Morgan fingerprint density at radius 1 is 1.47 bits per heavy atom. The van der Waals surface area contributed by atoms with Crippen molar-refractivity contribution in [2.75, 3.05) is 17.7 Å². The quantitative estimate of drug-likeness (QED) is 0.488. The van der Waals surface area contributed by atoms with Crippen molar-refractivity contribution in [3.8, 4) is 0 Å². The van der Waals surface area contributed by atoms with Crippen molar-refractivity contribution in [2.24, 2.45) is 16.5 Å². The fourth-order valence-corrected chi connectivity index (χ4v) is 1.54. The molecular formula is C8H13N7. The van der Waals surface area contributed by atoms with E-state index in [0.717, 1.165) is 0 Å². The molecule has 7 nitrogen and oxygen atoms in total. The first-order chi connectivity index (χ1) is 7.04. The van der Waals surface area contributed by atoms with Crippen LogP contribution in [0.25, 0.3) is 0 Å². The van der Waals surface area contributed by atoms with E-state index in [0.29, 0.717) is 17.2 Å². The fraction of sp³-hybridized carbons (Fsp3) is 0.375. The summed E-state index contributed by atoms with van der Waals surface area (Å²) in [4.78, 5) is 12.2. The normalized spacial score (nSPS) is 23.8. The van der Waals surface area contributed by atoms with Crippen LogP contribution in [0.3, 0.4) is 0 Å². The van der Waals surface area contributed by atoms with E-state index in [1.165, 1.54) is 6.33 Å². The van der Waals surface area contributed by atoms with E-state index < -0.39 is 5.66 Å². The van der Waals surface area contributed by atoms with Gasteiger partial charge < -0.3 is 22.1 Å². The van der Waals surface area contributed by atoms with Gasteiger partial charge in [0.25, 0.3) is 0 Å². The molecule has 7 heteroatoms. The van der Waals surface area contributed by atoms with Crippen molar-refractivity contribution in [1.82, 2.24) is 9.97 Å². The number of guanidine groups is 1. The Bertz CT molecular complexity index is 423.